The molecule has 0 aliphatic carbocycles. The van der Waals surface area contributed by atoms with Crippen molar-refractivity contribution in [3.05, 3.63) is 72.2 Å². The van der Waals surface area contributed by atoms with E-state index in [2.05, 4.69) is 10.3 Å². The van der Waals surface area contributed by atoms with Crippen LogP contribution in [0.4, 0.5) is 5.69 Å². The Labute approximate surface area is 173 Å². The number of hydrogen-bond acceptors (Lipinski definition) is 6. The maximum atomic E-state index is 12.2. The zero-order chi connectivity index (χ0) is 21.5. The van der Waals surface area contributed by atoms with E-state index in [4.69, 9.17) is 9.15 Å². The number of ether oxygens (including phenoxy) is 1. The molecule has 154 valence electrons. The third-order valence-electron chi connectivity index (χ3n) is 4.31. The second-order valence-corrected chi connectivity index (χ2v) is 6.68. The van der Waals surface area contributed by atoms with Crippen LogP contribution >= 0.6 is 0 Å². The Balaban J connectivity index is 1.46. The molecule has 1 aromatic heterocycles. The van der Waals surface area contributed by atoms with E-state index in [0.717, 1.165) is 11.1 Å². The van der Waals surface area contributed by atoms with E-state index in [0.29, 0.717) is 17.0 Å². The lowest BCUT2D eigenvalue weighted by molar-refractivity contribution is -0.136. The van der Waals surface area contributed by atoms with Crippen molar-refractivity contribution in [2.24, 2.45) is 0 Å². The number of carbonyl (C=O) groups excluding carboxylic acids is 3. The third-order valence-corrected chi connectivity index (χ3v) is 4.31. The fraction of sp³-hybridized carbons (Fsp3) is 0.182. The van der Waals surface area contributed by atoms with Crippen LogP contribution in [-0.4, -0.2) is 47.9 Å². The largest absolute Gasteiger partial charge is 0.452 e. The summed E-state index contributed by atoms with van der Waals surface area (Å²) in [6.45, 7) is 1.33. The molecular formula is C22H21N3O5. The fourth-order valence-electron chi connectivity index (χ4n) is 2.59. The van der Waals surface area contributed by atoms with Crippen molar-refractivity contribution >= 4 is 23.5 Å². The second-order valence-electron chi connectivity index (χ2n) is 6.68. The van der Waals surface area contributed by atoms with Crippen molar-refractivity contribution < 1.29 is 23.5 Å². The Morgan fingerprint density at radius 2 is 1.77 bits per heavy atom. The summed E-state index contributed by atoms with van der Waals surface area (Å²) in [6, 6.07) is 13.9. The van der Waals surface area contributed by atoms with Crippen LogP contribution in [-0.2, 0) is 14.3 Å². The van der Waals surface area contributed by atoms with Crippen molar-refractivity contribution in [2.75, 3.05) is 25.5 Å². The van der Waals surface area contributed by atoms with Gasteiger partial charge in [0.15, 0.2) is 18.8 Å². The zero-order valence-electron chi connectivity index (χ0n) is 16.6. The normalized spacial score (nSPS) is 10.3. The van der Waals surface area contributed by atoms with Crippen LogP contribution in [0.1, 0.15) is 15.9 Å². The lowest BCUT2D eigenvalue weighted by atomic mass is 10.1. The molecule has 0 bridgehead atoms. The SMILES string of the molecule is Cc1ccc(NC(=O)CN(C)C(=O)COC(=O)c2ccc(-c3cnco3)cc2)cc1. The molecule has 2 amide bonds. The van der Waals surface area contributed by atoms with Gasteiger partial charge in [0.25, 0.3) is 5.91 Å². The maximum Gasteiger partial charge on any atom is 0.338 e. The molecule has 0 saturated heterocycles. The highest BCUT2D eigenvalue weighted by molar-refractivity contribution is 5.95. The van der Waals surface area contributed by atoms with Crippen molar-refractivity contribution in [3.8, 4) is 11.3 Å². The fourth-order valence-corrected chi connectivity index (χ4v) is 2.59. The van der Waals surface area contributed by atoms with Gasteiger partial charge < -0.3 is 19.4 Å². The van der Waals surface area contributed by atoms with Gasteiger partial charge in [0.05, 0.1) is 18.3 Å². The topological polar surface area (TPSA) is 102 Å². The number of anilines is 1. The molecule has 3 aromatic rings. The Morgan fingerprint density at radius 1 is 1.07 bits per heavy atom. The minimum absolute atomic E-state index is 0.157. The first-order chi connectivity index (χ1) is 14.4. The number of carbonyl (C=O) groups is 3. The number of amides is 2. The van der Waals surface area contributed by atoms with E-state index in [9.17, 15) is 14.4 Å². The van der Waals surface area contributed by atoms with E-state index in [1.165, 1.54) is 18.3 Å². The van der Waals surface area contributed by atoms with Crippen molar-refractivity contribution in [1.29, 1.82) is 0 Å². The molecule has 0 spiro atoms. The first kappa shape index (κ1) is 20.8. The molecule has 1 heterocycles. The van der Waals surface area contributed by atoms with Gasteiger partial charge in [0.2, 0.25) is 5.91 Å². The van der Waals surface area contributed by atoms with Crippen LogP contribution in [0, 0.1) is 6.92 Å². The van der Waals surface area contributed by atoms with Crippen molar-refractivity contribution in [2.45, 2.75) is 6.92 Å². The number of nitrogens with zero attached hydrogens (tertiary/aromatic N) is 2. The number of rotatable bonds is 7. The van der Waals surface area contributed by atoms with Gasteiger partial charge in [-0.3, -0.25) is 9.59 Å². The van der Waals surface area contributed by atoms with Gasteiger partial charge in [-0.05, 0) is 31.2 Å². The maximum absolute atomic E-state index is 12.2. The monoisotopic (exact) mass is 407 g/mol. The lowest BCUT2D eigenvalue weighted by Gasteiger charge is -2.17. The summed E-state index contributed by atoms with van der Waals surface area (Å²) in [5, 5.41) is 2.71. The van der Waals surface area contributed by atoms with Gasteiger partial charge in [-0.1, -0.05) is 29.8 Å². The summed E-state index contributed by atoms with van der Waals surface area (Å²) in [5.74, 6) is -0.884. The van der Waals surface area contributed by atoms with Gasteiger partial charge in [-0.25, -0.2) is 9.78 Å². The number of nitrogens with one attached hydrogen (secondary N) is 1. The highest BCUT2D eigenvalue weighted by Gasteiger charge is 2.16. The molecule has 8 heteroatoms. The number of oxazole rings is 1. The van der Waals surface area contributed by atoms with E-state index < -0.39 is 18.5 Å². The smallest absolute Gasteiger partial charge is 0.338 e. The lowest BCUT2D eigenvalue weighted by Crippen LogP contribution is -2.37. The molecule has 0 atom stereocenters. The van der Waals surface area contributed by atoms with Crippen molar-refractivity contribution in [1.82, 2.24) is 9.88 Å². The number of esters is 1. The van der Waals surface area contributed by atoms with E-state index in [-0.39, 0.29) is 12.5 Å². The summed E-state index contributed by atoms with van der Waals surface area (Å²) in [4.78, 5) is 41.4. The Morgan fingerprint density at radius 3 is 2.40 bits per heavy atom. The summed E-state index contributed by atoms with van der Waals surface area (Å²) in [6.07, 6.45) is 2.89. The molecule has 0 fully saturated rings. The molecule has 0 saturated carbocycles. The van der Waals surface area contributed by atoms with Crippen LogP contribution < -0.4 is 5.32 Å². The number of hydrogen-bond donors (Lipinski definition) is 1. The number of benzene rings is 2. The average Bonchev–Trinajstić information content (AvgIpc) is 3.28. The average molecular weight is 407 g/mol. The molecule has 0 aliphatic rings. The highest BCUT2D eigenvalue weighted by atomic mass is 16.5. The molecule has 0 unspecified atom stereocenters. The molecule has 2 aromatic carbocycles. The number of aromatic nitrogens is 1. The molecule has 8 nitrogen and oxygen atoms in total. The number of likely N-dealkylation sites (N-methyl/N-ethyl adjacent to an activating group) is 1. The summed E-state index contributed by atoms with van der Waals surface area (Å²) >= 11 is 0. The Bertz CT molecular complexity index is 1010. The molecular weight excluding hydrogens is 386 g/mol. The quantitative estimate of drug-likeness (QED) is 0.604. The molecule has 0 radical (unpaired) electrons. The van der Waals surface area contributed by atoms with Gasteiger partial charge in [0.1, 0.15) is 0 Å². The van der Waals surface area contributed by atoms with E-state index in [1.54, 1.807) is 42.6 Å². The van der Waals surface area contributed by atoms with Crippen molar-refractivity contribution in [3.63, 3.8) is 0 Å². The predicted molar refractivity (Wildman–Crippen MR) is 110 cm³/mol. The first-order valence-corrected chi connectivity index (χ1v) is 9.19. The highest BCUT2D eigenvalue weighted by Crippen LogP contribution is 2.19. The summed E-state index contributed by atoms with van der Waals surface area (Å²) in [5.41, 5.74) is 2.78. The van der Waals surface area contributed by atoms with Gasteiger partial charge in [0, 0.05) is 18.3 Å². The standard InChI is InChI=1S/C22H21N3O5/c1-15-3-9-18(10-4-15)24-20(26)12-25(2)21(27)13-29-22(28)17-7-5-16(6-8-17)19-11-23-14-30-19/h3-11,14H,12-13H2,1-2H3,(H,24,26). The Hall–Kier alpha value is -3.94. The molecule has 30 heavy (non-hydrogen) atoms. The second kappa shape index (κ2) is 9.51. The third kappa shape index (κ3) is 5.54. The van der Waals surface area contributed by atoms with Crippen LogP contribution in [0.2, 0.25) is 0 Å². The van der Waals surface area contributed by atoms with Crippen LogP contribution in [0.5, 0.6) is 0 Å². The minimum Gasteiger partial charge on any atom is -0.452 e. The molecule has 3 rings (SSSR count). The summed E-state index contributed by atoms with van der Waals surface area (Å²) in [7, 11) is 1.47. The van der Waals surface area contributed by atoms with Crippen LogP contribution in [0.25, 0.3) is 11.3 Å². The van der Waals surface area contributed by atoms with E-state index >= 15 is 0 Å². The Kier molecular flexibility index (Phi) is 6.59. The van der Waals surface area contributed by atoms with Crippen LogP contribution in [0.3, 0.4) is 0 Å². The van der Waals surface area contributed by atoms with Gasteiger partial charge >= 0.3 is 5.97 Å². The molecule has 0 aliphatic heterocycles. The minimum atomic E-state index is -0.634. The van der Waals surface area contributed by atoms with Gasteiger partial charge in [-0.2, -0.15) is 0 Å². The first-order valence-electron chi connectivity index (χ1n) is 9.19. The number of aryl methyl sites for hydroxylation is 1. The molecule has 1 N–H and O–H groups in total. The van der Waals surface area contributed by atoms with E-state index in [1.807, 2.05) is 19.1 Å². The summed E-state index contributed by atoms with van der Waals surface area (Å²) < 4.78 is 10.2. The predicted octanol–water partition coefficient (Wildman–Crippen LogP) is 2.90. The zero-order valence-corrected chi connectivity index (χ0v) is 16.6. The van der Waals surface area contributed by atoms with Gasteiger partial charge in [-0.15, -0.1) is 0 Å². The van der Waals surface area contributed by atoms with Crippen LogP contribution in [0.15, 0.2) is 65.5 Å².